The van der Waals surface area contributed by atoms with Gasteiger partial charge in [-0.2, -0.15) is 18.2 Å². The van der Waals surface area contributed by atoms with Crippen molar-refractivity contribution in [3.05, 3.63) is 35.8 Å². The van der Waals surface area contributed by atoms with Crippen molar-refractivity contribution in [2.75, 3.05) is 23.4 Å². The molecule has 0 amide bonds. The van der Waals surface area contributed by atoms with Gasteiger partial charge in [0.1, 0.15) is 5.82 Å². The van der Waals surface area contributed by atoms with Crippen molar-refractivity contribution in [3.63, 3.8) is 0 Å². The van der Waals surface area contributed by atoms with E-state index in [1.807, 2.05) is 6.07 Å². The number of aryl methyl sites for hydroxylation is 1. The Bertz CT molecular complexity index is 1040. The van der Waals surface area contributed by atoms with Crippen LogP contribution in [-0.4, -0.2) is 44.2 Å². The lowest BCUT2D eigenvalue weighted by Crippen LogP contribution is -2.33. The summed E-state index contributed by atoms with van der Waals surface area (Å²) in [6, 6.07) is 6.70. The Labute approximate surface area is 171 Å². The molecule has 3 N–H and O–H groups in total. The molecule has 3 heterocycles. The number of anilines is 3. The van der Waals surface area contributed by atoms with Gasteiger partial charge in [0.15, 0.2) is 0 Å². The maximum atomic E-state index is 12.9. The number of imidazole rings is 1. The summed E-state index contributed by atoms with van der Waals surface area (Å²) in [7, 11) is 0. The Morgan fingerprint density at radius 1 is 1.23 bits per heavy atom. The summed E-state index contributed by atoms with van der Waals surface area (Å²) in [6.07, 6.45) is -0.950. The molecule has 1 aromatic carbocycles. The van der Waals surface area contributed by atoms with Crippen molar-refractivity contribution in [3.8, 4) is 0 Å². The van der Waals surface area contributed by atoms with Crippen LogP contribution in [0, 0.1) is 0 Å². The van der Waals surface area contributed by atoms with Crippen LogP contribution in [0.25, 0.3) is 11.0 Å². The molecule has 160 valence electrons. The SMILES string of the molecule is CCCc1cc(N2CCC[C@H]2CO)nc(Nc2ccc3[nH]c(C(F)(F)F)nc3c2)n1. The number of benzene rings is 1. The predicted molar refractivity (Wildman–Crippen MR) is 108 cm³/mol. The van der Waals surface area contributed by atoms with Crippen LogP contribution >= 0.6 is 0 Å². The van der Waals surface area contributed by atoms with Crippen LogP contribution in [0.2, 0.25) is 0 Å². The van der Waals surface area contributed by atoms with Crippen LogP contribution in [0.15, 0.2) is 24.3 Å². The second kappa shape index (κ2) is 8.10. The van der Waals surface area contributed by atoms with E-state index in [-0.39, 0.29) is 18.2 Å². The molecule has 7 nitrogen and oxygen atoms in total. The number of H-pyrrole nitrogens is 1. The minimum atomic E-state index is -4.53. The van der Waals surface area contributed by atoms with Gasteiger partial charge in [-0.15, -0.1) is 0 Å². The van der Waals surface area contributed by atoms with Gasteiger partial charge < -0.3 is 20.3 Å². The molecule has 0 unspecified atom stereocenters. The van der Waals surface area contributed by atoms with Gasteiger partial charge in [0.25, 0.3) is 0 Å². The van der Waals surface area contributed by atoms with Crippen molar-refractivity contribution in [1.29, 1.82) is 0 Å². The number of rotatable bonds is 6. The van der Waals surface area contributed by atoms with Crippen LogP contribution < -0.4 is 10.2 Å². The van der Waals surface area contributed by atoms with Crippen molar-refractivity contribution in [1.82, 2.24) is 19.9 Å². The van der Waals surface area contributed by atoms with Crippen LogP contribution in [0.3, 0.4) is 0 Å². The third-order valence-corrected chi connectivity index (χ3v) is 5.16. The molecule has 0 bridgehead atoms. The summed E-state index contributed by atoms with van der Waals surface area (Å²) in [6.45, 7) is 2.94. The maximum absolute atomic E-state index is 12.9. The lowest BCUT2D eigenvalue weighted by molar-refractivity contribution is -0.144. The molecule has 30 heavy (non-hydrogen) atoms. The Morgan fingerprint density at radius 2 is 2.07 bits per heavy atom. The van der Waals surface area contributed by atoms with Gasteiger partial charge in [0.05, 0.1) is 23.7 Å². The highest BCUT2D eigenvalue weighted by Gasteiger charge is 2.34. The molecule has 2 aromatic heterocycles. The number of aliphatic hydroxyl groups is 1. The highest BCUT2D eigenvalue weighted by Crippen LogP contribution is 2.30. The number of fused-ring (bicyclic) bond motifs is 1. The topological polar surface area (TPSA) is 90.0 Å². The van der Waals surface area contributed by atoms with Crippen molar-refractivity contribution in [2.45, 2.75) is 44.8 Å². The number of nitrogens with one attached hydrogen (secondary N) is 2. The van der Waals surface area contributed by atoms with Crippen LogP contribution in [0.5, 0.6) is 0 Å². The van der Waals surface area contributed by atoms with Gasteiger partial charge in [0, 0.05) is 24.0 Å². The van der Waals surface area contributed by atoms with E-state index in [4.69, 9.17) is 0 Å². The molecule has 10 heteroatoms. The number of aromatic nitrogens is 4. The fourth-order valence-corrected chi connectivity index (χ4v) is 3.74. The second-order valence-corrected chi connectivity index (χ2v) is 7.40. The summed E-state index contributed by atoms with van der Waals surface area (Å²) in [5.74, 6) is 0.0837. The number of hydrogen-bond donors (Lipinski definition) is 3. The van der Waals surface area contributed by atoms with Crippen molar-refractivity contribution in [2.24, 2.45) is 0 Å². The van der Waals surface area contributed by atoms with E-state index in [0.717, 1.165) is 43.7 Å². The molecule has 0 radical (unpaired) electrons. The molecular weight excluding hydrogens is 397 g/mol. The summed E-state index contributed by atoms with van der Waals surface area (Å²) < 4.78 is 38.7. The van der Waals surface area contributed by atoms with Crippen LogP contribution in [0.1, 0.15) is 37.7 Å². The Hall–Kier alpha value is -2.88. The van der Waals surface area contributed by atoms with E-state index in [2.05, 4.69) is 37.1 Å². The Kier molecular flexibility index (Phi) is 5.50. The third kappa shape index (κ3) is 4.18. The number of aromatic amines is 1. The van der Waals surface area contributed by atoms with Crippen molar-refractivity contribution < 1.29 is 18.3 Å². The highest BCUT2D eigenvalue weighted by atomic mass is 19.4. The molecule has 4 rings (SSSR count). The molecule has 1 aliphatic rings. The average Bonchev–Trinajstić information content (AvgIpc) is 3.34. The Morgan fingerprint density at radius 3 is 2.80 bits per heavy atom. The van der Waals surface area contributed by atoms with E-state index in [0.29, 0.717) is 17.2 Å². The van der Waals surface area contributed by atoms with Gasteiger partial charge in [-0.1, -0.05) is 13.3 Å². The standard InChI is InChI=1S/C20H23F3N6O/c1-2-4-12-10-17(29-8-3-5-14(29)11-30)28-19(24-12)25-13-6-7-15-16(9-13)27-18(26-15)20(21,22)23/h6-7,9-10,14,30H,2-5,8,11H2,1H3,(H,26,27)(H,24,25,28)/t14-/m0/s1. The molecule has 1 aliphatic heterocycles. The first-order valence-corrected chi connectivity index (χ1v) is 9.97. The number of aliphatic hydroxyl groups excluding tert-OH is 1. The van der Waals surface area contributed by atoms with E-state index in [9.17, 15) is 18.3 Å². The lowest BCUT2D eigenvalue weighted by Gasteiger charge is -2.25. The van der Waals surface area contributed by atoms with Gasteiger partial charge in [-0.25, -0.2) is 9.97 Å². The normalized spacial score (nSPS) is 17.1. The zero-order valence-corrected chi connectivity index (χ0v) is 16.5. The molecule has 0 saturated carbocycles. The molecular formula is C20H23F3N6O. The zero-order chi connectivity index (χ0) is 21.3. The minimum Gasteiger partial charge on any atom is -0.394 e. The summed E-state index contributed by atoms with van der Waals surface area (Å²) in [5.41, 5.74) is 1.92. The number of alkyl halides is 3. The van der Waals surface area contributed by atoms with Gasteiger partial charge in [-0.05, 0) is 37.5 Å². The average molecular weight is 420 g/mol. The first-order valence-electron chi connectivity index (χ1n) is 9.97. The molecule has 1 atom stereocenters. The van der Waals surface area contributed by atoms with E-state index < -0.39 is 12.0 Å². The first kappa shape index (κ1) is 20.4. The fourth-order valence-electron chi connectivity index (χ4n) is 3.74. The van der Waals surface area contributed by atoms with Gasteiger partial charge in [0.2, 0.25) is 11.8 Å². The summed E-state index contributed by atoms with van der Waals surface area (Å²) >= 11 is 0. The monoisotopic (exact) mass is 420 g/mol. The lowest BCUT2D eigenvalue weighted by atomic mass is 10.2. The molecule has 3 aromatic rings. The first-order chi connectivity index (χ1) is 14.4. The van der Waals surface area contributed by atoms with E-state index in [1.165, 1.54) is 6.07 Å². The molecule has 0 aliphatic carbocycles. The maximum Gasteiger partial charge on any atom is 0.449 e. The quantitative estimate of drug-likeness (QED) is 0.558. The fraction of sp³-hybridized carbons (Fsp3) is 0.450. The van der Waals surface area contributed by atoms with Crippen LogP contribution in [-0.2, 0) is 12.6 Å². The summed E-state index contributed by atoms with van der Waals surface area (Å²) in [5, 5.41) is 12.7. The molecule has 1 fully saturated rings. The largest absolute Gasteiger partial charge is 0.449 e. The summed E-state index contributed by atoms with van der Waals surface area (Å²) in [4.78, 5) is 17.1. The second-order valence-electron chi connectivity index (χ2n) is 7.40. The highest BCUT2D eigenvalue weighted by molar-refractivity contribution is 5.80. The molecule has 0 spiro atoms. The zero-order valence-electron chi connectivity index (χ0n) is 16.5. The Balaban J connectivity index is 1.64. The smallest absolute Gasteiger partial charge is 0.394 e. The van der Waals surface area contributed by atoms with Crippen LogP contribution in [0.4, 0.5) is 30.6 Å². The van der Waals surface area contributed by atoms with E-state index in [1.54, 1.807) is 12.1 Å². The minimum absolute atomic E-state index is 0.0309. The third-order valence-electron chi connectivity index (χ3n) is 5.16. The number of halogens is 3. The number of hydrogen-bond acceptors (Lipinski definition) is 6. The van der Waals surface area contributed by atoms with Gasteiger partial charge in [-0.3, -0.25) is 0 Å². The number of nitrogens with zero attached hydrogens (tertiary/aromatic N) is 4. The predicted octanol–water partition coefficient (Wildman–Crippen LogP) is 4.03. The van der Waals surface area contributed by atoms with E-state index >= 15 is 0 Å². The molecule has 1 saturated heterocycles. The van der Waals surface area contributed by atoms with Crippen molar-refractivity contribution >= 4 is 28.5 Å². The van der Waals surface area contributed by atoms with Gasteiger partial charge >= 0.3 is 6.18 Å².